The average Bonchev–Trinajstić information content (AvgIpc) is 3.39. The summed E-state index contributed by atoms with van der Waals surface area (Å²) in [6, 6.07) is 16.5. The Morgan fingerprint density at radius 3 is 1.29 bits per heavy atom. The topological polar surface area (TPSA) is 87.7 Å². The fraction of sp³-hybridized carbons (Fsp3) is 0.308. The Hall–Kier alpha value is -2.58. The molecule has 4 N–H and O–H groups in total. The van der Waals surface area contributed by atoms with Crippen molar-refractivity contribution in [1.82, 2.24) is 19.1 Å². The lowest BCUT2D eigenvalue weighted by molar-refractivity contribution is 0.536. The highest BCUT2D eigenvalue weighted by Crippen LogP contribution is 2.26. The summed E-state index contributed by atoms with van der Waals surface area (Å²) in [5.41, 5.74) is 16.7. The van der Waals surface area contributed by atoms with Crippen LogP contribution in [0.1, 0.15) is 38.5 Å². The molecule has 0 atom stereocenters. The molecule has 0 saturated carbocycles. The Bertz CT molecular complexity index is 1100. The number of imidazole rings is 2. The second kappa shape index (κ2) is 11.7. The number of hydrogen-bond donors (Lipinski definition) is 2. The van der Waals surface area contributed by atoms with Crippen molar-refractivity contribution in [2.75, 3.05) is 11.5 Å². The van der Waals surface area contributed by atoms with Crippen LogP contribution >= 0.6 is 31.9 Å². The standard InChI is InChI=1S/C26H30Br2N6/c27-21-11-7-19(8-12-21)23-17-31-25(29)33(23)15-5-3-1-2-4-6-16-34-24(18-32-26(34)30)20-9-13-22(28)14-10-20/h7-14,17-18H,1-6,15-16H2,(H2,29,31)(H2,30,32). The predicted molar refractivity (Wildman–Crippen MR) is 147 cm³/mol. The summed E-state index contributed by atoms with van der Waals surface area (Å²) in [6.45, 7) is 1.78. The smallest absolute Gasteiger partial charge is 0.200 e. The largest absolute Gasteiger partial charge is 0.369 e. The zero-order valence-corrected chi connectivity index (χ0v) is 22.3. The van der Waals surface area contributed by atoms with Gasteiger partial charge in [-0.05, 0) is 48.2 Å². The predicted octanol–water partition coefficient (Wildman–Crippen LogP) is 7.14. The molecule has 8 heteroatoms. The summed E-state index contributed by atoms with van der Waals surface area (Å²) in [6.07, 6.45) is 10.7. The third kappa shape index (κ3) is 6.10. The fourth-order valence-corrected chi connectivity index (χ4v) is 4.73. The molecule has 0 amide bonds. The van der Waals surface area contributed by atoms with Crippen molar-refractivity contribution in [3.63, 3.8) is 0 Å². The van der Waals surface area contributed by atoms with Crippen molar-refractivity contribution < 1.29 is 0 Å². The monoisotopic (exact) mass is 584 g/mol. The van der Waals surface area contributed by atoms with Crippen LogP contribution in [0.25, 0.3) is 22.5 Å². The van der Waals surface area contributed by atoms with E-state index in [9.17, 15) is 0 Å². The van der Waals surface area contributed by atoms with E-state index in [0.29, 0.717) is 11.9 Å². The summed E-state index contributed by atoms with van der Waals surface area (Å²) < 4.78 is 6.37. The molecule has 0 unspecified atom stereocenters. The van der Waals surface area contributed by atoms with Gasteiger partial charge in [0.15, 0.2) is 0 Å². The Kier molecular flexibility index (Phi) is 8.45. The first-order chi connectivity index (χ1) is 16.5. The third-order valence-electron chi connectivity index (χ3n) is 6.07. The molecule has 0 aliphatic carbocycles. The van der Waals surface area contributed by atoms with Crippen molar-refractivity contribution in [1.29, 1.82) is 0 Å². The van der Waals surface area contributed by atoms with Gasteiger partial charge in [0.1, 0.15) is 0 Å². The van der Waals surface area contributed by atoms with Gasteiger partial charge in [0, 0.05) is 22.0 Å². The van der Waals surface area contributed by atoms with Crippen LogP contribution < -0.4 is 11.5 Å². The number of nitrogens with zero attached hydrogens (tertiary/aromatic N) is 4. The van der Waals surface area contributed by atoms with Crippen molar-refractivity contribution in [2.45, 2.75) is 51.6 Å². The van der Waals surface area contributed by atoms with Crippen LogP contribution in [0.4, 0.5) is 11.9 Å². The molecule has 0 bridgehead atoms. The highest BCUT2D eigenvalue weighted by Gasteiger charge is 2.10. The molecule has 34 heavy (non-hydrogen) atoms. The van der Waals surface area contributed by atoms with Gasteiger partial charge >= 0.3 is 0 Å². The van der Waals surface area contributed by atoms with Crippen LogP contribution in [0, 0.1) is 0 Å². The van der Waals surface area contributed by atoms with E-state index in [4.69, 9.17) is 11.5 Å². The van der Waals surface area contributed by atoms with Crippen molar-refractivity contribution in [3.05, 3.63) is 69.9 Å². The highest BCUT2D eigenvalue weighted by molar-refractivity contribution is 9.10. The van der Waals surface area contributed by atoms with E-state index >= 15 is 0 Å². The number of rotatable bonds is 11. The van der Waals surface area contributed by atoms with Gasteiger partial charge in [-0.15, -0.1) is 0 Å². The van der Waals surface area contributed by atoms with E-state index in [-0.39, 0.29) is 0 Å². The minimum absolute atomic E-state index is 0.581. The van der Waals surface area contributed by atoms with E-state index in [2.05, 4.69) is 75.2 Å². The lowest BCUT2D eigenvalue weighted by Gasteiger charge is -2.11. The summed E-state index contributed by atoms with van der Waals surface area (Å²) >= 11 is 6.98. The molecule has 0 spiro atoms. The minimum atomic E-state index is 0.581. The molecule has 0 radical (unpaired) electrons. The number of benzene rings is 2. The molecular formula is C26H30Br2N6. The van der Waals surface area contributed by atoms with Gasteiger partial charge in [0.2, 0.25) is 11.9 Å². The zero-order chi connectivity index (χ0) is 23.9. The van der Waals surface area contributed by atoms with E-state index in [1.165, 1.54) is 25.7 Å². The van der Waals surface area contributed by atoms with Crippen LogP contribution in [-0.4, -0.2) is 19.1 Å². The molecular weight excluding hydrogens is 556 g/mol. The molecule has 0 aliphatic heterocycles. The van der Waals surface area contributed by atoms with Gasteiger partial charge in [0.25, 0.3) is 0 Å². The van der Waals surface area contributed by atoms with Crippen LogP contribution in [0.15, 0.2) is 69.9 Å². The number of anilines is 2. The number of hydrogen-bond acceptors (Lipinski definition) is 4. The zero-order valence-electron chi connectivity index (χ0n) is 19.1. The maximum atomic E-state index is 6.13. The van der Waals surface area contributed by atoms with Gasteiger partial charge in [-0.2, -0.15) is 0 Å². The van der Waals surface area contributed by atoms with Crippen LogP contribution in [0.3, 0.4) is 0 Å². The van der Waals surface area contributed by atoms with Crippen LogP contribution in [-0.2, 0) is 13.1 Å². The molecule has 2 aromatic carbocycles. The SMILES string of the molecule is Nc1ncc(-c2ccc(Br)cc2)n1CCCCCCCCn1c(-c2ccc(Br)cc2)cnc1N. The van der Waals surface area contributed by atoms with Crippen LogP contribution in [0.2, 0.25) is 0 Å². The number of nitrogens with two attached hydrogens (primary N) is 2. The minimum Gasteiger partial charge on any atom is -0.369 e. The van der Waals surface area contributed by atoms with Gasteiger partial charge in [0.05, 0.1) is 23.8 Å². The Balaban J connectivity index is 1.20. The first kappa shape index (κ1) is 24.5. The van der Waals surface area contributed by atoms with Gasteiger partial charge in [-0.3, -0.25) is 0 Å². The maximum absolute atomic E-state index is 6.13. The fourth-order valence-electron chi connectivity index (χ4n) is 4.20. The van der Waals surface area contributed by atoms with E-state index in [1.807, 2.05) is 36.7 Å². The number of aromatic nitrogens is 4. The molecule has 178 valence electrons. The summed E-state index contributed by atoms with van der Waals surface area (Å²) in [5.74, 6) is 1.16. The third-order valence-corrected chi connectivity index (χ3v) is 7.12. The number of nitrogen functional groups attached to an aromatic ring is 2. The molecule has 6 nitrogen and oxygen atoms in total. The van der Waals surface area contributed by atoms with E-state index in [1.54, 1.807) is 0 Å². The molecule has 2 aromatic heterocycles. The second-order valence-corrected chi connectivity index (χ2v) is 10.3. The molecule has 4 aromatic rings. The molecule has 0 aliphatic rings. The highest BCUT2D eigenvalue weighted by atomic mass is 79.9. The second-order valence-electron chi connectivity index (χ2n) is 8.44. The molecule has 0 saturated heterocycles. The maximum Gasteiger partial charge on any atom is 0.200 e. The van der Waals surface area contributed by atoms with E-state index < -0.39 is 0 Å². The Morgan fingerprint density at radius 2 is 0.912 bits per heavy atom. The normalized spacial score (nSPS) is 11.2. The summed E-state index contributed by atoms with van der Waals surface area (Å²) in [7, 11) is 0. The van der Waals surface area contributed by atoms with Gasteiger partial charge in [-0.25, -0.2) is 9.97 Å². The first-order valence-corrected chi connectivity index (χ1v) is 13.3. The summed E-state index contributed by atoms with van der Waals surface area (Å²) in [5, 5.41) is 0. The first-order valence-electron chi connectivity index (χ1n) is 11.7. The number of unbranched alkanes of at least 4 members (excludes halogenated alkanes) is 5. The van der Waals surface area contributed by atoms with Crippen molar-refractivity contribution in [2.24, 2.45) is 0 Å². The summed E-state index contributed by atoms with van der Waals surface area (Å²) in [4.78, 5) is 8.66. The van der Waals surface area contributed by atoms with Crippen molar-refractivity contribution >= 4 is 43.8 Å². The number of halogens is 2. The van der Waals surface area contributed by atoms with Crippen molar-refractivity contribution in [3.8, 4) is 22.5 Å². The van der Waals surface area contributed by atoms with E-state index in [0.717, 1.165) is 57.4 Å². The van der Waals surface area contributed by atoms with Crippen LogP contribution in [0.5, 0.6) is 0 Å². The Labute approximate surface area is 217 Å². The Morgan fingerprint density at radius 1 is 0.559 bits per heavy atom. The quantitative estimate of drug-likeness (QED) is 0.183. The van der Waals surface area contributed by atoms with Gasteiger partial charge in [-0.1, -0.05) is 81.8 Å². The average molecular weight is 586 g/mol. The molecule has 2 heterocycles. The molecule has 0 fully saturated rings. The van der Waals surface area contributed by atoms with Gasteiger partial charge < -0.3 is 20.6 Å². The lowest BCUT2D eigenvalue weighted by Crippen LogP contribution is -2.06. The molecule has 4 rings (SSSR count). The lowest BCUT2D eigenvalue weighted by atomic mass is 10.1.